The lowest BCUT2D eigenvalue weighted by Gasteiger charge is -2.24. The average Bonchev–Trinajstić information content (AvgIpc) is 3.26. The van der Waals surface area contributed by atoms with Crippen molar-refractivity contribution >= 4 is 23.7 Å². The van der Waals surface area contributed by atoms with E-state index >= 15 is 0 Å². The lowest BCUT2D eigenvalue weighted by molar-refractivity contribution is -0.140. The van der Waals surface area contributed by atoms with Crippen molar-refractivity contribution in [2.45, 2.75) is 58.2 Å². The van der Waals surface area contributed by atoms with Crippen LogP contribution >= 0.6 is 0 Å². The predicted molar refractivity (Wildman–Crippen MR) is 121 cm³/mol. The van der Waals surface area contributed by atoms with Crippen LogP contribution < -0.4 is 16.0 Å². The Morgan fingerprint density at radius 2 is 2.00 bits per heavy atom. The highest BCUT2D eigenvalue weighted by atomic mass is 16.5. The minimum Gasteiger partial charge on any atom is -0.445 e. The second-order valence-electron chi connectivity index (χ2n) is 8.65. The van der Waals surface area contributed by atoms with Crippen molar-refractivity contribution < 1.29 is 28.4 Å². The molecule has 2 unspecified atom stereocenters. The van der Waals surface area contributed by atoms with E-state index in [1.165, 1.54) is 6.20 Å². The molecule has 0 saturated carbocycles. The van der Waals surface area contributed by atoms with Crippen LogP contribution in [0.5, 0.6) is 0 Å². The number of aryl methyl sites for hydroxylation is 1. The van der Waals surface area contributed by atoms with Gasteiger partial charge in [-0.05, 0) is 24.3 Å². The maximum Gasteiger partial charge on any atom is 0.408 e. The second-order valence-corrected chi connectivity index (χ2v) is 8.65. The van der Waals surface area contributed by atoms with Gasteiger partial charge in [0, 0.05) is 24.9 Å². The summed E-state index contributed by atoms with van der Waals surface area (Å²) in [6.07, 6.45) is 2.27. The number of ether oxygens (including phenoxy) is 1. The van der Waals surface area contributed by atoms with Crippen molar-refractivity contribution in [3.63, 3.8) is 0 Å². The van der Waals surface area contributed by atoms with Crippen molar-refractivity contribution in [2.24, 2.45) is 5.92 Å². The number of aromatic nitrogens is 1. The molecule has 0 aliphatic carbocycles. The Balaban J connectivity index is 1.69. The van der Waals surface area contributed by atoms with Crippen LogP contribution in [0.15, 0.2) is 41.1 Å². The molecule has 34 heavy (non-hydrogen) atoms. The van der Waals surface area contributed by atoms with E-state index in [0.717, 1.165) is 5.56 Å². The van der Waals surface area contributed by atoms with Gasteiger partial charge >= 0.3 is 6.09 Å². The summed E-state index contributed by atoms with van der Waals surface area (Å²) in [5.74, 6) is -1.42. The quantitative estimate of drug-likeness (QED) is 0.523. The fourth-order valence-corrected chi connectivity index (χ4v) is 3.66. The van der Waals surface area contributed by atoms with E-state index in [1.54, 1.807) is 0 Å². The Kier molecular flexibility index (Phi) is 8.78. The Hall–Kier alpha value is -3.69. The SMILES string of the molecule is CC(C)CC(NC(=O)OCc1ccccc1)C(=O)NC1Cc2cnoc2CCCNC(=O)C1=O. The summed E-state index contributed by atoms with van der Waals surface area (Å²) in [6, 6.07) is 7.09. The lowest BCUT2D eigenvalue weighted by atomic mass is 9.98. The number of fused-ring (bicyclic) bond motifs is 1. The third-order valence-corrected chi connectivity index (χ3v) is 5.41. The molecule has 1 aliphatic heterocycles. The van der Waals surface area contributed by atoms with Gasteiger partial charge in [0.1, 0.15) is 24.5 Å². The van der Waals surface area contributed by atoms with Gasteiger partial charge in [-0.25, -0.2) is 4.79 Å². The second kappa shape index (κ2) is 12.0. The standard InChI is InChI=1S/C24H30N4O6/c1-15(2)11-19(28-24(32)33-14-16-7-4-3-5-8-16)22(30)27-18-12-17-13-26-34-20(17)9-6-10-25-23(31)21(18)29/h3-5,7-8,13,15,18-19H,6,9-12,14H2,1-2H3,(H,25,31)(H,27,30)(H,28,32). The van der Waals surface area contributed by atoms with Gasteiger partial charge < -0.3 is 25.2 Å². The number of carbonyl (C=O) groups excluding carboxylic acids is 4. The summed E-state index contributed by atoms with van der Waals surface area (Å²) in [7, 11) is 0. The van der Waals surface area contributed by atoms with Gasteiger partial charge in [-0.3, -0.25) is 14.4 Å². The molecule has 2 heterocycles. The van der Waals surface area contributed by atoms with E-state index in [-0.39, 0.29) is 18.9 Å². The predicted octanol–water partition coefficient (Wildman–Crippen LogP) is 1.67. The first-order chi connectivity index (χ1) is 16.3. The molecule has 2 aromatic rings. The highest BCUT2D eigenvalue weighted by molar-refractivity contribution is 6.38. The number of nitrogens with zero attached hydrogens (tertiary/aromatic N) is 1. The maximum absolute atomic E-state index is 13.1. The number of ketones is 1. The molecule has 3 N–H and O–H groups in total. The van der Waals surface area contributed by atoms with E-state index in [4.69, 9.17) is 9.26 Å². The number of hydrogen-bond donors (Lipinski definition) is 3. The molecule has 3 rings (SSSR count). The first-order valence-corrected chi connectivity index (χ1v) is 11.4. The molecule has 1 aromatic carbocycles. The van der Waals surface area contributed by atoms with E-state index in [0.29, 0.717) is 37.1 Å². The van der Waals surface area contributed by atoms with Gasteiger partial charge in [0.25, 0.3) is 5.91 Å². The zero-order valence-electron chi connectivity index (χ0n) is 19.3. The molecule has 0 fully saturated rings. The molecule has 10 heteroatoms. The summed E-state index contributed by atoms with van der Waals surface area (Å²) in [5.41, 5.74) is 1.47. The van der Waals surface area contributed by atoms with E-state index in [2.05, 4.69) is 21.1 Å². The average molecular weight is 471 g/mol. The third kappa shape index (κ3) is 7.16. The maximum atomic E-state index is 13.1. The summed E-state index contributed by atoms with van der Waals surface area (Å²) in [5, 5.41) is 11.6. The van der Waals surface area contributed by atoms with Gasteiger partial charge in [0.05, 0.1) is 6.20 Å². The smallest absolute Gasteiger partial charge is 0.408 e. The largest absolute Gasteiger partial charge is 0.445 e. The minimum atomic E-state index is -1.12. The summed E-state index contributed by atoms with van der Waals surface area (Å²) >= 11 is 0. The Morgan fingerprint density at radius 3 is 2.74 bits per heavy atom. The van der Waals surface area contributed by atoms with Crippen LogP contribution in [-0.4, -0.2) is 47.5 Å². The van der Waals surface area contributed by atoms with E-state index < -0.39 is 35.8 Å². The molecule has 2 atom stereocenters. The van der Waals surface area contributed by atoms with Gasteiger partial charge in [0.15, 0.2) is 0 Å². The number of carbonyl (C=O) groups is 4. The van der Waals surface area contributed by atoms with E-state index in [1.807, 2.05) is 44.2 Å². The Bertz CT molecular complexity index is 1000. The number of alkyl carbamates (subject to hydrolysis) is 1. The molecular weight excluding hydrogens is 440 g/mol. The fourth-order valence-electron chi connectivity index (χ4n) is 3.66. The number of hydrogen-bond acceptors (Lipinski definition) is 7. The summed E-state index contributed by atoms with van der Waals surface area (Å²) < 4.78 is 10.5. The van der Waals surface area contributed by atoms with Crippen LogP contribution in [0.1, 0.15) is 43.6 Å². The van der Waals surface area contributed by atoms with Gasteiger partial charge in [-0.2, -0.15) is 0 Å². The molecule has 182 valence electrons. The van der Waals surface area contributed by atoms with Crippen molar-refractivity contribution in [1.29, 1.82) is 0 Å². The molecule has 3 amide bonds. The number of benzene rings is 1. The number of Topliss-reactive ketones (excluding diaryl/α,β-unsaturated/α-hetero) is 1. The van der Waals surface area contributed by atoms with Crippen LogP contribution in [0, 0.1) is 5.92 Å². The van der Waals surface area contributed by atoms with Crippen molar-refractivity contribution in [3.05, 3.63) is 53.4 Å². The first-order valence-electron chi connectivity index (χ1n) is 11.4. The van der Waals surface area contributed by atoms with Crippen LogP contribution in [0.3, 0.4) is 0 Å². The molecule has 10 nitrogen and oxygen atoms in total. The minimum absolute atomic E-state index is 0.0558. The van der Waals surface area contributed by atoms with Crippen LogP contribution in [0.25, 0.3) is 0 Å². The highest BCUT2D eigenvalue weighted by Gasteiger charge is 2.32. The van der Waals surface area contributed by atoms with Gasteiger partial charge in [0.2, 0.25) is 11.7 Å². The normalized spacial score (nSPS) is 17.3. The molecular formula is C24H30N4O6. The Labute approximate surface area is 197 Å². The Morgan fingerprint density at radius 1 is 1.24 bits per heavy atom. The van der Waals surface area contributed by atoms with Crippen molar-refractivity contribution in [3.8, 4) is 0 Å². The van der Waals surface area contributed by atoms with Crippen LogP contribution in [0.2, 0.25) is 0 Å². The first kappa shape index (κ1) is 24.9. The highest BCUT2D eigenvalue weighted by Crippen LogP contribution is 2.15. The number of rotatable bonds is 7. The molecule has 0 bridgehead atoms. The van der Waals surface area contributed by atoms with Crippen molar-refractivity contribution in [1.82, 2.24) is 21.1 Å². The molecule has 1 aliphatic rings. The fraction of sp³-hybridized carbons (Fsp3) is 0.458. The number of amides is 3. The number of nitrogens with one attached hydrogen (secondary N) is 3. The third-order valence-electron chi connectivity index (χ3n) is 5.41. The van der Waals surface area contributed by atoms with Gasteiger partial charge in [-0.15, -0.1) is 0 Å². The molecule has 0 spiro atoms. The summed E-state index contributed by atoms with van der Waals surface area (Å²) in [6.45, 7) is 4.17. The van der Waals surface area contributed by atoms with Gasteiger partial charge in [-0.1, -0.05) is 49.3 Å². The lowest BCUT2D eigenvalue weighted by Crippen LogP contribution is -2.55. The monoisotopic (exact) mass is 470 g/mol. The zero-order valence-corrected chi connectivity index (χ0v) is 19.3. The zero-order chi connectivity index (χ0) is 24.5. The summed E-state index contributed by atoms with van der Waals surface area (Å²) in [4.78, 5) is 50.5. The van der Waals surface area contributed by atoms with Crippen LogP contribution in [0.4, 0.5) is 4.79 Å². The van der Waals surface area contributed by atoms with Crippen LogP contribution in [-0.2, 0) is 38.6 Å². The van der Waals surface area contributed by atoms with E-state index in [9.17, 15) is 19.2 Å². The molecule has 1 aromatic heterocycles. The molecule has 0 radical (unpaired) electrons. The molecule has 0 saturated heterocycles. The van der Waals surface area contributed by atoms with Crippen molar-refractivity contribution in [2.75, 3.05) is 6.54 Å². The topological polar surface area (TPSA) is 140 Å².